The second-order valence-corrected chi connectivity index (χ2v) is 4.94. The van der Waals surface area contributed by atoms with Crippen LogP contribution in [0.5, 0.6) is 0 Å². The Hall–Kier alpha value is -2.37. The van der Waals surface area contributed by atoms with Crippen LogP contribution in [-0.4, -0.2) is 24.7 Å². The van der Waals surface area contributed by atoms with Gasteiger partial charge in [-0.2, -0.15) is 5.10 Å². The summed E-state index contributed by atoms with van der Waals surface area (Å²) >= 11 is 0. The summed E-state index contributed by atoms with van der Waals surface area (Å²) in [7, 11) is 1.99. The van der Waals surface area contributed by atoms with Crippen LogP contribution in [0.2, 0.25) is 0 Å². The van der Waals surface area contributed by atoms with Crippen molar-refractivity contribution < 1.29 is 0 Å². The van der Waals surface area contributed by atoms with Gasteiger partial charge in [-0.3, -0.25) is 4.68 Å². The summed E-state index contributed by atoms with van der Waals surface area (Å²) in [6.45, 7) is 0. The summed E-state index contributed by atoms with van der Waals surface area (Å²) in [5, 5.41) is 8.74. The number of aryl methyl sites for hydroxylation is 1. The maximum Gasteiger partial charge on any atom is 0.153 e. The third-order valence-corrected chi connectivity index (χ3v) is 3.51. The number of nitrogens with one attached hydrogen (secondary N) is 2. The molecular weight excluding hydrogens is 240 g/mol. The molecule has 2 N–H and O–H groups in total. The highest BCUT2D eigenvalue weighted by Gasteiger charge is 2.27. The predicted octanol–water partition coefficient (Wildman–Crippen LogP) is 2.31. The van der Waals surface area contributed by atoms with Gasteiger partial charge >= 0.3 is 0 Å². The van der Waals surface area contributed by atoms with Crippen LogP contribution in [0, 0.1) is 0 Å². The molecule has 0 saturated heterocycles. The Morgan fingerprint density at radius 2 is 2.26 bits per heavy atom. The number of rotatable bonds is 3. The Morgan fingerprint density at radius 1 is 1.37 bits per heavy atom. The largest absolute Gasteiger partial charge is 0.346 e. The predicted molar refractivity (Wildman–Crippen MR) is 72.4 cm³/mol. The standard InChI is InChI=1S/C13H14N6/c1-19-10(8-2-3-8)6-11(18-19)17-13-9-4-5-14-12(9)15-7-16-13/h4-8H,2-3H2,1H3,(H2,14,15,16,17,18). The molecule has 1 fully saturated rings. The molecule has 0 aliphatic heterocycles. The van der Waals surface area contributed by atoms with Gasteiger partial charge in [-0.25, -0.2) is 9.97 Å². The lowest BCUT2D eigenvalue weighted by Crippen LogP contribution is -1.98. The summed E-state index contributed by atoms with van der Waals surface area (Å²) in [6.07, 6.45) is 5.95. The third-order valence-electron chi connectivity index (χ3n) is 3.51. The molecule has 1 saturated carbocycles. The van der Waals surface area contributed by atoms with Crippen LogP contribution < -0.4 is 5.32 Å². The van der Waals surface area contributed by atoms with Crippen LogP contribution in [0.15, 0.2) is 24.7 Å². The number of aromatic amines is 1. The van der Waals surface area contributed by atoms with Crippen LogP contribution in [0.4, 0.5) is 11.6 Å². The van der Waals surface area contributed by atoms with Crippen molar-refractivity contribution in [1.29, 1.82) is 0 Å². The molecule has 0 unspecified atom stereocenters. The lowest BCUT2D eigenvalue weighted by molar-refractivity contribution is 0.716. The van der Waals surface area contributed by atoms with Gasteiger partial charge in [0.2, 0.25) is 0 Å². The van der Waals surface area contributed by atoms with Crippen molar-refractivity contribution in [3.05, 3.63) is 30.4 Å². The first kappa shape index (κ1) is 10.5. The van der Waals surface area contributed by atoms with Gasteiger partial charge in [0.1, 0.15) is 17.8 Å². The Kier molecular flexibility index (Phi) is 2.11. The van der Waals surface area contributed by atoms with Crippen molar-refractivity contribution in [2.75, 3.05) is 5.32 Å². The molecule has 0 aromatic carbocycles. The van der Waals surface area contributed by atoms with Crippen molar-refractivity contribution in [3.63, 3.8) is 0 Å². The maximum atomic E-state index is 4.49. The third kappa shape index (κ3) is 1.76. The molecule has 96 valence electrons. The van der Waals surface area contributed by atoms with E-state index in [1.54, 1.807) is 6.33 Å². The Morgan fingerprint density at radius 3 is 3.11 bits per heavy atom. The average molecular weight is 254 g/mol. The molecule has 4 rings (SSSR count). The highest BCUT2D eigenvalue weighted by Crippen LogP contribution is 2.40. The van der Waals surface area contributed by atoms with E-state index >= 15 is 0 Å². The van der Waals surface area contributed by atoms with Crippen LogP contribution in [0.1, 0.15) is 24.5 Å². The summed E-state index contributed by atoms with van der Waals surface area (Å²) in [5.74, 6) is 2.31. The van der Waals surface area contributed by atoms with Gasteiger partial charge in [0.05, 0.1) is 5.39 Å². The van der Waals surface area contributed by atoms with Gasteiger partial charge in [-0.1, -0.05) is 0 Å². The quantitative estimate of drug-likeness (QED) is 0.752. The zero-order valence-corrected chi connectivity index (χ0v) is 10.6. The molecule has 1 aliphatic rings. The number of hydrogen-bond acceptors (Lipinski definition) is 4. The zero-order chi connectivity index (χ0) is 12.8. The van der Waals surface area contributed by atoms with E-state index in [0.717, 1.165) is 22.7 Å². The topological polar surface area (TPSA) is 71.4 Å². The molecule has 0 atom stereocenters. The minimum absolute atomic E-state index is 0.686. The zero-order valence-electron chi connectivity index (χ0n) is 10.6. The lowest BCUT2D eigenvalue weighted by atomic mass is 10.3. The molecule has 6 heteroatoms. The maximum absolute atomic E-state index is 4.49. The second-order valence-electron chi connectivity index (χ2n) is 4.94. The van der Waals surface area contributed by atoms with Gasteiger partial charge < -0.3 is 10.3 Å². The smallest absolute Gasteiger partial charge is 0.153 e. The fraction of sp³-hybridized carbons (Fsp3) is 0.308. The SMILES string of the molecule is Cn1nc(Nc2ncnc3[nH]ccc23)cc1C1CC1. The second kappa shape index (κ2) is 3.81. The molecule has 3 aromatic rings. The van der Waals surface area contributed by atoms with Gasteiger partial charge in [-0.05, 0) is 18.9 Å². The lowest BCUT2D eigenvalue weighted by Gasteiger charge is -2.02. The molecule has 6 nitrogen and oxygen atoms in total. The van der Waals surface area contributed by atoms with Gasteiger partial charge in [-0.15, -0.1) is 0 Å². The first-order valence-electron chi connectivity index (χ1n) is 6.40. The minimum atomic E-state index is 0.686. The van der Waals surface area contributed by atoms with E-state index in [1.807, 2.05) is 24.0 Å². The van der Waals surface area contributed by atoms with Gasteiger partial charge in [0, 0.05) is 30.9 Å². The first-order chi connectivity index (χ1) is 9.31. The average Bonchev–Trinajstić information content (AvgIpc) is 3.00. The first-order valence-corrected chi connectivity index (χ1v) is 6.40. The molecule has 0 amide bonds. The van der Waals surface area contributed by atoms with Crippen molar-refractivity contribution in [2.45, 2.75) is 18.8 Å². The number of hydrogen-bond donors (Lipinski definition) is 2. The highest BCUT2D eigenvalue weighted by atomic mass is 15.3. The van der Waals surface area contributed by atoms with Gasteiger partial charge in [0.15, 0.2) is 5.82 Å². The highest BCUT2D eigenvalue weighted by molar-refractivity contribution is 5.88. The molecule has 3 aromatic heterocycles. The van der Waals surface area contributed by atoms with Crippen LogP contribution in [0.25, 0.3) is 11.0 Å². The number of anilines is 2. The number of aromatic nitrogens is 5. The summed E-state index contributed by atoms with van der Waals surface area (Å²) in [6, 6.07) is 4.07. The van der Waals surface area contributed by atoms with Crippen molar-refractivity contribution in [2.24, 2.45) is 7.05 Å². The van der Waals surface area contributed by atoms with E-state index in [2.05, 4.69) is 31.4 Å². The van der Waals surface area contributed by atoms with E-state index in [0.29, 0.717) is 5.92 Å². The van der Waals surface area contributed by atoms with E-state index in [9.17, 15) is 0 Å². The van der Waals surface area contributed by atoms with Crippen molar-refractivity contribution >= 4 is 22.7 Å². The normalized spacial score (nSPS) is 15.0. The summed E-state index contributed by atoms with van der Waals surface area (Å²) in [5.41, 5.74) is 2.12. The van der Waals surface area contributed by atoms with Crippen molar-refractivity contribution in [3.8, 4) is 0 Å². The molecular formula is C13H14N6. The number of fused-ring (bicyclic) bond motifs is 1. The van der Waals surface area contributed by atoms with Gasteiger partial charge in [0.25, 0.3) is 0 Å². The monoisotopic (exact) mass is 254 g/mol. The molecule has 3 heterocycles. The Balaban J connectivity index is 1.70. The Bertz CT molecular complexity index is 737. The number of H-pyrrole nitrogens is 1. The molecule has 0 radical (unpaired) electrons. The fourth-order valence-corrected chi connectivity index (χ4v) is 2.40. The van der Waals surface area contributed by atoms with E-state index in [4.69, 9.17) is 0 Å². The number of nitrogens with zero attached hydrogens (tertiary/aromatic N) is 4. The van der Waals surface area contributed by atoms with Crippen LogP contribution >= 0.6 is 0 Å². The Labute approximate surface area is 109 Å². The van der Waals surface area contributed by atoms with E-state index in [-0.39, 0.29) is 0 Å². The molecule has 0 spiro atoms. The fourth-order valence-electron chi connectivity index (χ4n) is 2.40. The van der Waals surface area contributed by atoms with Crippen LogP contribution in [-0.2, 0) is 7.05 Å². The molecule has 19 heavy (non-hydrogen) atoms. The summed E-state index contributed by atoms with van der Waals surface area (Å²) < 4.78 is 1.95. The molecule has 0 bridgehead atoms. The van der Waals surface area contributed by atoms with Crippen LogP contribution in [0.3, 0.4) is 0 Å². The van der Waals surface area contributed by atoms with Crippen molar-refractivity contribution in [1.82, 2.24) is 24.7 Å². The van der Waals surface area contributed by atoms with E-state index in [1.165, 1.54) is 18.5 Å². The summed E-state index contributed by atoms with van der Waals surface area (Å²) in [4.78, 5) is 11.5. The molecule has 1 aliphatic carbocycles. The van der Waals surface area contributed by atoms with E-state index < -0.39 is 0 Å². The minimum Gasteiger partial charge on any atom is -0.346 e.